The minimum atomic E-state index is -0.0898. The molecule has 0 saturated carbocycles. The van der Waals surface area contributed by atoms with Crippen LogP contribution in [0.5, 0.6) is 0 Å². The number of halogens is 1. The molecule has 3 nitrogen and oxygen atoms in total. The van der Waals surface area contributed by atoms with E-state index in [1.807, 2.05) is 48.5 Å². The molecule has 4 heteroatoms. The van der Waals surface area contributed by atoms with Crippen LogP contribution in [-0.2, 0) is 19.5 Å². The van der Waals surface area contributed by atoms with E-state index in [0.29, 0.717) is 17.1 Å². The van der Waals surface area contributed by atoms with Crippen molar-refractivity contribution in [3.63, 3.8) is 0 Å². The highest BCUT2D eigenvalue weighted by molar-refractivity contribution is 6.31. The van der Waals surface area contributed by atoms with Crippen LogP contribution in [0.15, 0.2) is 72.8 Å². The van der Waals surface area contributed by atoms with E-state index in [4.69, 9.17) is 11.6 Å². The van der Waals surface area contributed by atoms with Gasteiger partial charge in [-0.2, -0.15) is 0 Å². The van der Waals surface area contributed by atoms with Gasteiger partial charge in [-0.05, 0) is 47.4 Å². The number of amides is 1. The van der Waals surface area contributed by atoms with Crippen LogP contribution in [0, 0.1) is 0 Å². The molecule has 3 aromatic rings. The number of nitrogens with one attached hydrogen (secondary N) is 1. The molecule has 136 valence electrons. The van der Waals surface area contributed by atoms with Crippen LogP contribution in [0.4, 0.5) is 5.69 Å². The Balaban J connectivity index is 1.38. The zero-order valence-corrected chi connectivity index (χ0v) is 15.7. The molecule has 0 aliphatic carbocycles. The lowest BCUT2D eigenvalue weighted by atomic mass is 10.1. The third-order valence-electron chi connectivity index (χ3n) is 4.97. The van der Waals surface area contributed by atoms with Gasteiger partial charge in [0.1, 0.15) is 0 Å². The molecule has 1 heterocycles. The molecule has 1 amide bonds. The monoisotopic (exact) mass is 376 g/mol. The lowest BCUT2D eigenvalue weighted by Crippen LogP contribution is -2.23. The van der Waals surface area contributed by atoms with Crippen LogP contribution in [0.25, 0.3) is 0 Å². The van der Waals surface area contributed by atoms with Crippen LogP contribution in [0.3, 0.4) is 0 Å². The van der Waals surface area contributed by atoms with Crippen molar-refractivity contribution in [1.29, 1.82) is 0 Å². The molecule has 0 spiro atoms. The molecule has 0 aromatic heterocycles. The zero-order valence-electron chi connectivity index (χ0n) is 15.0. The van der Waals surface area contributed by atoms with Crippen LogP contribution in [0.2, 0.25) is 5.02 Å². The number of anilines is 1. The first-order valence-electron chi connectivity index (χ1n) is 9.14. The molecule has 4 rings (SSSR count). The Morgan fingerprint density at radius 2 is 1.70 bits per heavy atom. The molecule has 3 aromatic carbocycles. The van der Waals surface area contributed by atoms with Gasteiger partial charge in [-0.25, -0.2) is 0 Å². The van der Waals surface area contributed by atoms with Gasteiger partial charge < -0.3 is 10.2 Å². The molecular weight excluding hydrogens is 356 g/mol. The maximum atomic E-state index is 12.4. The van der Waals surface area contributed by atoms with E-state index in [-0.39, 0.29) is 5.91 Å². The number of carbonyl (C=O) groups excluding carboxylic acids is 1. The van der Waals surface area contributed by atoms with E-state index in [1.54, 1.807) is 0 Å². The highest BCUT2D eigenvalue weighted by atomic mass is 35.5. The number of hydrogen-bond donors (Lipinski definition) is 1. The van der Waals surface area contributed by atoms with Crippen LogP contribution in [0.1, 0.15) is 27.0 Å². The molecule has 1 aliphatic heterocycles. The average molecular weight is 377 g/mol. The van der Waals surface area contributed by atoms with Crippen molar-refractivity contribution in [2.24, 2.45) is 0 Å². The van der Waals surface area contributed by atoms with Crippen molar-refractivity contribution in [2.45, 2.75) is 19.5 Å². The number of carbonyl (C=O) groups is 1. The third-order valence-corrected chi connectivity index (χ3v) is 5.34. The third kappa shape index (κ3) is 3.99. The normalized spacial score (nSPS) is 12.7. The smallest absolute Gasteiger partial charge is 0.251 e. The highest BCUT2D eigenvalue weighted by Crippen LogP contribution is 2.28. The first-order valence-corrected chi connectivity index (χ1v) is 9.52. The van der Waals surface area contributed by atoms with Gasteiger partial charge in [0.2, 0.25) is 0 Å². The van der Waals surface area contributed by atoms with Gasteiger partial charge in [-0.15, -0.1) is 0 Å². The molecule has 1 aliphatic rings. The van der Waals surface area contributed by atoms with Gasteiger partial charge >= 0.3 is 0 Å². The molecule has 0 saturated heterocycles. The van der Waals surface area contributed by atoms with Gasteiger partial charge in [-0.1, -0.05) is 60.1 Å². The summed E-state index contributed by atoms with van der Waals surface area (Å²) in [6, 6.07) is 23.9. The number of hydrogen-bond acceptors (Lipinski definition) is 2. The van der Waals surface area contributed by atoms with Crippen LogP contribution >= 0.6 is 11.6 Å². The molecule has 0 fully saturated rings. The molecule has 0 radical (unpaired) electrons. The first-order chi connectivity index (χ1) is 13.2. The van der Waals surface area contributed by atoms with Crippen molar-refractivity contribution in [3.8, 4) is 0 Å². The predicted molar refractivity (Wildman–Crippen MR) is 110 cm³/mol. The van der Waals surface area contributed by atoms with E-state index in [1.165, 1.54) is 16.8 Å². The summed E-state index contributed by atoms with van der Waals surface area (Å²) in [5.74, 6) is -0.0898. The maximum absolute atomic E-state index is 12.4. The van der Waals surface area contributed by atoms with E-state index in [2.05, 4.69) is 34.5 Å². The van der Waals surface area contributed by atoms with Gasteiger partial charge in [0, 0.05) is 35.9 Å². The predicted octanol–water partition coefficient (Wildman–Crippen LogP) is 4.83. The molecular formula is C23H21ClN2O. The lowest BCUT2D eigenvalue weighted by molar-refractivity contribution is 0.0951. The van der Waals surface area contributed by atoms with Crippen molar-refractivity contribution in [3.05, 3.63) is 100 Å². The summed E-state index contributed by atoms with van der Waals surface area (Å²) in [4.78, 5) is 14.8. The number of rotatable bonds is 5. The number of para-hydroxylation sites is 1. The second-order valence-corrected chi connectivity index (χ2v) is 7.18. The fourth-order valence-corrected chi connectivity index (χ4v) is 3.67. The van der Waals surface area contributed by atoms with Crippen molar-refractivity contribution in [1.82, 2.24) is 5.32 Å². The average Bonchev–Trinajstić information content (AvgIpc) is 3.11. The van der Waals surface area contributed by atoms with Crippen molar-refractivity contribution < 1.29 is 4.79 Å². The Labute approximate surface area is 164 Å². The van der Waals surface area contributed by atoms with Gasteiger partial charge in [0.15, 0.2) is 0 Å². The van der Waals surface area contributed by atoms with E-state index in [9.17, 15) is 4.79 Å². The fourth-order valence-electron chi connectivity index (χ4n) is 3.47. The van der Waals surface area contributed by atoms with E-state index >= 15 is 0 Å². The van der Waals surface area contributed by atoms with E-state index < -0.39 is 0 Å². The maximum Gasteiger partial charge on any atom is 0.251 e. The summed E-state index contributed by atoms with van der Waals surface area (Å²) in [5.41, 5.74) is 5.51. The lowest BCUT2D eigenvalue weighted by Gasteiger charge is -2.19. The number of fused-ring (bicyclic) bond motifs is 1. The SMILES string of the molecule is O=C(NCc1ccccc1Cl)c1ccc(CN2CCc3ccccc32)cc1. The largest absolute Gasteiger partial charge is 0.367 e. The first kappa shape index (κ1) is 17.6. The topological polar surface area (TPSA) is 32.3 Å². The Kier molecular flexibility index (Phi) is 5.12. The molecule has 0 unspecified atom stereocenters. The quantitative estimate of drug-likeness (QED) is 0.691. The van der Waals surface area contributed by atoms with Crippen molar-refractivity contribution in [2.75, 3.05) is 11.4 Å². The highest BCUT2D eigenvalue weighted by Gasteiger charge is 2.18. The minimum absolute atomic E-state index is 0.0898. The molecule has 0 atom stereocenters. The Morgan fingerprint density at radius 3 is 2.52 bits per heavy atom. The van der Waals surface area contributed by atoms with Gasteiger partial charge in [0.05, 0.1) is 0 Å². The minimum Gasteiger partial charge on any atom is -0.367 e. The van der Waals surface area contributed by atoms with Gasteiger partial charge in [0.25, 0.3) is 5.91 Å². The summed E-state index contributed by atoms with van der Waals surface area (Å²) in [6.07, 6.45) is 1.10. The summed E-state index contributed by atoms with van der Waals surface area (Å²) in [5, 5.41) is 3.59. The van der Waals surface area contributed by atoms with Crippen LogP contribution in [-0.4, -0.2) is 12.5 Å². The standard InChI is InChI=1S/C23H21ClN2O/c24-21-7-3-1-6-20(21)15-25-23(27)19-11-9-17(10-12-19)16-26-14-13-18-5-2-4-8-22(18)26/h1-12H,13-16H2,(H,25,27). The molecule has 0 bridgehead atoms. The Bertz CT molecular complexity index is 953. The van der Waals surface area contributed by atoms with Crippen LogP contribution < -0.4 is 10.2 Å². The molecule has 1 N–H and O–H groups in total. The Hall–Kier alpha value is -2.78. The second kappa shape index (κ2) is 7.85. The summed E-state index contributed by atoms with van der Waals surface area (Å²) >= 11 is 6.14. The second-order valence-electron chi connectivity index (χ2n) is 6.77. The number of nitrogens with zero attached hydrogens (tertiary/aromatic N) is 1. The van der Waals surface area contributed by atoms with E-state index in [0.717, 1.165) is 25.1 Å². The zero-order chi connectivity index (χ0) is 18.6. The summed E-state index contributed by atoms with van der Waals surface area (Å²) < 4.78 is 0. The molecule has 27 heavy (non-hydrogen) atoms. The Morgan fingerprint density at radius 1 is 0.963 bits per heavy atom. The summed E-state index contributed by atoms with van der Waals surface area (Å²) in [7, 11) is 0. The summed E-state index contributed by atoms with van der Waals surface area (Å²) in [6.45, 7) is 2.32. The van der Waals surface area contributed by atoms with Crippen molar-refractivity contribution >= 4 is 23.2 Å². The van der Waals surface area contributed by atoms with Gasteiger partial charge in [-0.3, -0.25) is 4.79 Å². The fraction of sp³-hybridized carbons (Fsp3) is 0.174. The number of benzene rings is 3.